The number of nitrogens with zero attached hydrogens (tertiary/aromatic N) is 1. The molecule has 0 saturated heterocycles. The summed E-state index contributed by atoms with van der Waals surface area (Å²) < 4.78 is 5.53. The maximum absolute atomic E-state index is 8.95. The summed E-state index contributed by atoms with van der Waals surface area (Å²) >= 11 is 0. The lowest BCUT2D eigenvalue weighted by Crippen LogP contribution is -1.96. The van der Waals surface area contributed by atoms with E-state index in [9.17, 15) is 0 Å². The minimum absolute atomic E-state index is 0.470. The highest BCUT2D eigenvalue weighted by molar-refractivity contribution is 5.67. The molecule has 0 unspecified atom stereocenters. The van der Waals surface area contributed by atoms with Crippen LogP contribution in [0.25, 0.3) is 0 Å². The molecule has 0 aliphatic rings. The average Bonchev–Trinajstić information content (AvgIpc) is 2.48. The van der Waals surface area contributed by atoms with E-state index < -0.39 is 0 Å². The van der Waals surface area contributed by atoms with Gasteiger partial charge in [-0.15, -0.1) is 0 Å². The second-order valence-corrected chi connectivity index (χ2v) is 4.41. The van der Waals surface area contributed by atoms with Gasteiger partial charge in [0, 0.05) is 17.1 Å². The monoisotopic (exact) mass is 267 g/mol. The first-order valence-electron chi connectivity index (χ1n) is 6.52. The van der Waals surface area contributed by atoms with Crippen molar-refractivity contribution in [3.05, 3.63) is 48.0 Å². The fourth-order valence-electron chi connectivity index (χ4n) is 1.75. The molecule has 0 bridgehead atoms. The zero-order chi connectivity index (χ0) is 14.4. The first kappa shape index (κ1) is 13.8. The quantitative estimate of drug-likeness (QED) is 0.811. The summed E-state index contributed by atoms with van der Waals surface area (Å²) in [4.78, 5) is 0. The van der Waals surface area contributed by atoms with Gasteiger partial charge in [0.15, 0.2) is 0 Å². The molecule has 0 aliphatic carbocycles. The largest absolute Gasteiger partial charge is 0.494 e. The molecule has 0 amide bonds. The van der Waals surface area contributed by atoms with E-state index in [1.165, 1.54) is 0 Å². The van der Waals surface area contributed by atoms with Gasteiger partial charge in [-0.25, -0.2) is 0 Å². The van der Waals surface area contributed by atoms with Crippen LogP contribution in [0.2, 0.25) is 0 Å². The SMILES string of the molecule is CCCOc1ccc(Nc2ccc(N)c(C#N)c2)cc1. The van der Waals surface area contributed by atoms with Gasteiger partial charge in [-0.1, -0.05) is 6.92 Å². The minimum atomic E-state index is 0.470. The van der Waals surface area contributed by atoms with Crippen LogP contribution in [0, 0.1) is 11.3 Å². The molecular weight excluding hydrogens is 250 g/mol. The van der Waals surface area contributed by atoms with Gasteiger partial charge in [-0.2, -0.15) is 5.26 Å². The van der Waals surface area contributed by atoms with Gasteiger partial charge in [0.1, 0.15) is 11.8 Å². The molecule has 0 radical (unpaired) electrons. The number of ether oxygens (including phenoxy) is 1. The highest BCUT2D eigenvalue weighted by Gasteiger charge is 2.01. The lowest BCUT2D eigenvalue weighted by molar-refractivity contribution is 0.317. The normalized spacial score (nSPS) is 9.80. The summed E-state index contributed by atoms with van der Waals surface area (Å²) in [7, 11) is 0. The molecule has 0 atom stereocenters. The Hall–Kier alpha value is -2.67. The number of benzene rings is 2. The summed E-state index contributed by atoms with van der Waals surface area (Å²) in [6, 6.07) is 15.1. The van der Waals surface area contributed by atoms with E-state index in [0.29, 0.717) is 11.3 Å². The standard InChI is InChI=1S/C16H17N3O/c1-2-9-20-15-6-3-13(4-7-15)19-14-5-8-16(18)12(10-14)11-17/h3-8,10,19H,2,9,18H2,1H3. The van der Waals surface area contributed by atoms with Crippen LogP contribution in [0.3, 0.4) is 0 Å². The Bertz CT molecular complexity index is 615. The number of hydrogen-bond donors (Lipinski definition) is 2. The van der Waals surface area contributed by atoms with Crippen LogP contribution in [0.15, 0.2) is 42.5 Å². The number of anilines is 3. The molecule has 0 heterocycles. The zero-order valence-corrected chi connectivity index (χ0v) is 11.4. The van der Waals surface area contributed by atoms with E-state index in [1.807, 2.05) is 30.3 Å². The lowest BCUT2D eigenvalue weighted by Gasteiger charge is -2.09. The van der Waals surface area contributed by atoms with Crippen LogP contribution in [0.5, 0.6) is 5.75 Å². The van der Waals surface area contributed by atoms with Crippen molar-refractivity contribution in [2.24, 2.45) is 0 Å². The molecule has 0 saturated carbocycles. The molecule has 0 spiro atoms. The van der Waals surface area contributed by atoms with Gasteiger partial charge in [0.05, 0.1) is 12.2 Å². The Morgan fingerprint density at radius 2 is 1.85 bits per heavy atom. The predicted molar refractivity (Wildman–Crippen MR) is 81.1 cm³/mol. The second kappa shape index (κ2) is 6.48. The number of nitrogen functional groups attached to an aromatic ring is 1. The maximum Gasteiger partial charge on any atom is 0.119 e. The molecule has 4 nitrogen and oxygen atoms in total. The van der Waals surface area contributed by atoms with E-state index in [-0.39, 0.29) is 0 Å². The Morgan fingerprint density at radius 3 is 2.50 bits per heavy atom. The minimum Gasteiger partial charge on any atom is -0.494 e. The number of rotatable bonds is 5. The van der Waals surface area contributed by atoms with Crippen molar-refractivity contribution in [2.75, 3.05) is 17.7 Å². The van der Waals surface area contributed by atoms with Crippen molar-refractivity contribution in [3.8, 4) is 11.8 Å². The summed E-state index contributed by atoms with van der Waals surface area (Å²) in [5.41, 5.74) is 8.41. The molecule has 20 heavy (non-hydrogen) atoms. The summed E-state index contributed by atoms with van der Waals surface area (Å²) in [6.07, 6.45) is 0.988. The van der Waals surface area contributed by atoms with Crippen molar-refractivity contribution in [1.29, 1.82) is 5.26 Å². The molecule has 2 aromatic carbocycles. The topological polar surface area (TPSA) is 71.1 Å². The molecule has 0 fully saturated rings. The fourth-order valence-corrected chi connectivity index (χ4v) is 1.75. The Balaban J connectivity index is 2.08. The fraction of sp³-hybridized carbons (Fsp3) is 0.188. The van der Waals surface area contributed by atoms with E-state index in [4.69, 9.17) is 15.7 Å². The van der Waals surface area contributed by atoms with E-state index in [2.05, 4.69) is 18.3 Å². The van der Waals surface area contributed by atoms with Gasteiger partial charge >= 0.3 is 0 Å². The lowest BCUT2D eigenvalue weighted by atomic mass is 10.1. The highest BCUT2D eigenvalue weighted by Crippen LogP contribution is 2.23. The van der Waals surface area contributed by atoms with Crippen molar-refractivity contribution in [3.63, 3.8) is 0 Å². The van der Waals surface area contributed by atoms with Crippen LogP contribution in [0.1, 0.15) is 18.9 Å². The number of nitrogens with one attached hydrogen (secondary N) is 1. The summed E-state index contributed by atoms with van der Waals surface area (Å²) in [6.45, 7) is 2.79. The third kappa shape index (κ3) is 3.42. The van der Waals surface area contributed by atoms with Crippen molar-refractivity contribution in [2.45, 2.75) is 13.3 Å². The van der Waals surface area contributed by atoms with E-state index in [0.717, 1.165) is 30.2 Å². The molecule has 0 aliphatic heterocycles. The molecule has 2 rings (SSSR count). The highest BCUT2D eigenvalue weighted by atomic mass is 16.5. The third-order valence-electron chi connectivity index (χ3n) is 2.79. The van der Waals surface area contributed by atoms with Crippen LogP contribution >= 0.6 is 0 Å². The summed E-state index contributed by atoms with van der Waals surface area (Å²) in [5.74, 6) is 0.854. The van der Waals surface area contributed by atoms with Crippen LogP contribution in [-0.4, -0.2) is 6.61 Å². The van der Waals surface area contributed by atoms with Crippen LogP contribution in [-0.2, 0) is 0 Å². The number of hydrogen-bond acceptors (Lipinski definition) is 4. The first-order chi connectivity index (χ1) is 9.72. The molecule has 2 aromatic rings. The third-order valence-corrected chi connectivity index (χ3v) is 2.79. The average molecular weight is 267 g/mol. The van der Waals surface area contributed by atoms with Crippen LogP contribution in [0.4, 0.5) is 17.1 Å². The van der Waals surface area contributed by atoms with Crippen molar-refractivity contribution in [1.82, 2.24) is 0 Å². The van der Waals surface area contributed by atoms with Gasteiger partial charge < -0.3 is 15.8 Å². The van der Waals surface area contributed by atoms with Gasteiger partial charge in [0.25, 0.3) is 0 Å². The van der Waals surface area contributed by atoms with Crippen molar-refractivity contribution < 1.29 is 4.74 Å². The molecule has 3 N–H and O–H groups in total. The van der Waals surface area contributed by atoms with Gasteiger partial charge in [0.2, 0.25) is 0 Å². The Labute approximate surface area is 118 Å². The Kier molecular flexibility index (Phi) is 4.46. The van der Waals surface area contributed by atoms with Crippen molar-refractivity contribution >= 4 is 17.1 Å². The molecule has 0 aromatic heterocycles. The maximum atomic E-state index is 8.95. The van der Waals surface area contributed by atoms with E-state index in [1.54, 1.807) is 12.1 Å². The second-order valence-electron chi connectivity index (χ2n) is 4.41. The zero-order valence-electron chi connectivity index (χ0n) is 11.4. The molecular formula is C16H17N3O. The number of nitriles is 1. The first-order valence-corrected chi connectivity index (χ1v) is 6.52. The van der Waals surface area contributed by atoms with Gasteiger partial charge in [-0.05, 0) is 48.9 Å². The van der Waals surface area contributed by atoms with Gasteiger partial charge in [-0.3, -0.25) is 0 Å². The Morgan fingerprint density at radius 1 is 1.15 bits per heavy atom. The summed E-state index contributed by atoms with van der Waals surface area (Å²) in [5, 5.41) is 12.2. The molecule has 4 heteroatoms. The smallest absolute Gasteiger partial charge is 0.119 e. The van der Waals surface area contributed by atoms with Crippen LogP contribution < -0.4 is 15.8 Å². The predicted octanol–water partition coefficient (Wildman–Crippen LogP) is 3.67. The number of nitrogens with two attached hydrogens (primary N) is 1. The van der Waals surface area contributed by atoms with E-state index >= 15 is 0 Å². The molecule has 102 valence electrons.